The Morgan fingerprint density at radius 1 is 0.672 bits per heavy atom. The molecule has 8 heteroatoms. The van der Waals surface area contributed by atoms with E-state index in [4.69, 9.17) is 31.1 Å². The molecule has 0 radical (unpaired) electrons. The van der Waals surface area contributed by atoms with Crippen molar-refractivity contribution in [3.05, 3.63) is 100 Å². The third kappa shape index (κ3) is 22.0. The smallest absolute Gasteiger partial charge is 0.359 e. The average molecular weight is 894 g/mol. The number of halogens is 1. The number of nitrogens with zero attached hydrogens (tertiary/aromatic N) is 4. The Kier molecular flexibility index (Phi) is 26.6. The molecule has 4 aliphatic rings. The van der Waals surface area contributed by atoms with Crippen molar-refractivity contribution in [1.29, 1.82) is 0 Å². The summed E-state index contributed by atoms with van der Waals surface area (Å²) in [5.74, 6) is 1.37. The minimum Gasteiger partial charge on any atom is -0.359 e. The largest absolute Gasteiger partial charge is 1.00 e. The Morgan fingerprint density at radius 3 is 1.61 bits per heavy atom. The van der Waals surface area contributed by atoms with Crippen LogP contribution in [-0.2, 0) is 21.8 Å². The number of unbranched alkanes of at least 4 members (excludes halogenated alkanes) is 1. The number of rotatable bonds is 12. The van der Waals surface area contributed by atoms with Crippen LogP contribution in [0.5, 0.6) is 0 Å². The van der Waals surface area contributed by atoms with Gasteiger partial charge in [-0.05, 0) is 143 Å². The molecule has 6 rings (SSSR count). The SMILES string of the molecule is CC(C)[C@H](N=CN1CCC2=C(CCCC2)C1)OC(C)(C)C.Cc1ccc(CCl)cc1.Cc1ccc(C[C@H]2C3=C(CCCC3)CCN2C=N[C@H](OC(C)(C)C)C(C)C)cc1.[CH2-]CCC.[Li+]. The number of aliphatic imine (C=N–C) groups is 2. The first-order valence-electron chi connectivity index (χ1n) is 24.6. The van der Waals surface area contributed by atoms with Gasteiger partial charge in [-0.1, -0.05) is 117 Å². The molecule has 0 bridgehead atoms. The molecule has 64 heavy (non-hydrogen) atoms. The van der Waals surface area contributed by atoms with E-state index in [0.29, 0.717) is 23.8 Å². The van der Waals surface area contributed by atoms with Crippen molar-refractivity contribution in [1.82, 2.24) is 9.80 Å². The van der Waals surface area contributed by atoms with Gasteiger partial charge < -0.3 is 26.2 Å². The van der Waals surface area contributed by atoms with Crippen molar-refractivity contribution in [2.75, 3.05) is 19.6 Å². The zero-order valence-electron chi connectivity index (χ0n) is 43.4. The summed E-state index contributed by atoms with van der Waals surface area (Å²) < 4.78 is 12.3. The molecule has 354 valence electrons. The third-order valence-electron chi connectivity index (χ3n) is 11.9. The van der Waals surface area contributed by atoms with Crippen LogP contribution in [0.2, 0.25) is 0 Å². The van der Waals surface area contributed by atoms with Crippen LogP contribution in [0.25, 0.3) is 0 Å². The second-order valence-electron chi connectivity index (χ2n) is 20.9. The quantitative estimate of drug-likeness (QED) is 0.0532. The fourth-order valence-electron chi connectivity index (χ4n) is 8.24. The molecule has 3 atom stereocenters. The van der Waals surface area contributed by atoms with Gasteiger partial charge in [-0.25, -0.2) is 9.98 Å². The molecule has 0 saturated heterocycles. The number of aryl methyl sites for hydroxylation is 2. The van der Waals surface area contributed by atoms with Crippen LogP contribution in [0.4, 0.5) is 0 Å². The Bertz CT molecular complexity index is 1720. The molecule has 2 aliphatic heterocycles. The van der Waals surface area contributed by atoms with Crippen LogP contribution < -0.4 is 18.9 Å². The summed E-state index contributed by atoms with van der Waals surface area (Å²) in [5, 5.41) is 0. The predicted octanol–water partition coefficient (Wildman–Crippen LogP) is 12.1. The van der Waals surface area contributed by atoms with Crippen LogP contribution in [0.3, 0.4) is 0 Å². The molecular formula is C56H90ClLiN4O2. The summed E-state index contributed by atoms with van der Waals surface area (Å²) in [6.07, 6.45) is 20.4. The maximum atomic E-state index is 6.23. The Labute approximate surface area is 410 Å². The molecule has 2 aromatic carbocycles. The van der Waals surface area contributed by atoms with E-state index in [2.05, 4.69) is 149 Å². The molecule has 0 N–H and O–H groups in total. The van der Waals surface area contributed by atoms with Gasteiger partial charge in [-0.3, -0.25) is 0 Å². The van der Waals surface area contributed by atoms with Crippen LogP contribution >= 0.6 is 11.6 Å². The van der Waals surface area contributed by atoms with Gasteiger partial charge in [0.15, 0.2) is 12.5 Å². The van der Waals surface area contributed by atoms with E-state index in [1.165, 1.54) is 92.9 Å². The van der Waals surface area contributed by atoms with E-state index in [-0.39, 0.29) is 42.5 Å². The zero-order chi connectivity index (χ0) is 46.6. The fourth-order valence-corrected chi connectivity index (χ4v) is 8.42. The first kappa shape index (κ1) is 57.8. The molecule has 0 fully saturated rings. The summed E-state index contributed by atoms with van der Waals surface area (Å²) in [4.78, 5) is 14.5. The fraction of sp³-hybridized carbons (Fsp3) is 0.661. The van der Waals surface area contributed by atoms with Crippen LogP contribution in [0, 0.1) is 32.6 Å². The van der Waals surface area contributed by atoms with Crippen molar-refractivity contribution in [3.63, 3.8) is 0 Å². The third-order valence-corrected chi connectivity index (χ3v) is 12.2. The molecule has 0 saturated carbocycles. The van der Waals surface area contributed by atoms with Gasteiger partial charge >= 0.3 is 18.9 Å². The molecule has 2 aromatic rings. The number of benzene rings is 2. The maximum Gasteiger partial charge on any atom is 1.00 e. The monoisotopic (exact) mass is 893 g/mol. The van der Waals surface area contributed by atoms with Crippen molar-refractivity contribution in [2.24, 2.45) is 21.8 Å². The first-order valence-corrected chi connectivity index (χ1v) is 25.1. The maximum absolute atomic E-state index is 6.23. The average Bonchev–Trinajstić information content (AvgIpc) is 3.25. The van der Waals surface area contributed by atoms with Crippen LogP contribution in [-0.4, -0.2) is 71.8 Å². The number of ether oxygens (including phenoxy) is 2. The van der Waals surface area contributed by atoms with Crippen molar-refractivity contribution in [2.45, 2.75) is 209 Å². The van der Waals surface area contributed by atoms with Gasteiger partial charge in [0, 0.05) is 37.4 Å². The Balaban J connectivity index is 0.000000349. The molecule has 0 unspecified atom stereocenters. The van der Waals surface area contributed by atoms with Gasteiger partial charge in [0.2, 0.25) is 0 Å². The molecule has 2 heterocycles. The van der Waals surface area contributed by atoms with Crippen molar-refractivity contribution >= 4 is 24.3 Å². The van der Waals surface area contributed by atoms with Gasteiger partial charge in [-0.2, -0.15) is 6.42 Å². The number of alkyl halides is 1. The van der Waals surface area contributed by atoms with Crippen LogP contribution in [0.15, 0.2) is 80.8 Å². The summed E-state index contributed by atoms with van der Waals surface area (Å²) >= 11 is 5.58. The van der Waals surface area contributed by atoms with E-state index in [1.54, 1.807) is 22.3 Å². The summed E-state index contributed by atoms with van der Waals surface area (Å²) in [6, 6.07) is 17.7. The number of hydrogen-bond donors (Lipinski definition) is 0. The molecule has 2 aliphatic carbocycles. The molecule has 0 aromatic heterocycles. The first-order chi connectivity index (χ1) is 29.8. The number of hydrogen-bond acceptors (Lipinski definition) is 4. The zero-order valence-corrected chi connectivity index (χ0v) is 44.1. The summed E-state index contributed by atoms with van der Waals surface area (Å²) in [7, 11) is 0. The second-order valence-corrected chi connectivity index (χ2v) is 21.2. The van der Waals surface area contributed by atoms with Gasteiger partial charge in [0.05, 0.1) is 29.9 Å². The molecular weight excluding hydrogens is 803 g/mol. The van der Waals surface area contributed by atoms with Crippen molar-refractivity contribution < 1.29 is 28.3 Å². The van der Waals surface area contributed by atoms with E-state index in [9.17, 15) is 0 Å². The molecule has 6 nitrogen and oxygen atoms in total. The van der Waals surface area contributed by atoms with E-state index in [1.807, 2.05) is 18.5 Å². The van der Waals surface area contributed by atoms with E-state index < -0.39 is 0 Å². The predicted molar refractivity (Wildman–Crippen MR) is 274 cm³/mol. The minimum atomic E-state index is -0.186. The van der Waals surface area contributed by atoms with Crippen molar-refractivity contribution in [3.8, 4) is 0 Å². The summed E-state index contributed by atoms with van der Waals surface area (Å²) in [5.41, 5.74) is 11.7. The van der Waals surface area contributed by atoms with Gasteiger partial charge in [-0.15, -0.1) is 11.6 Å². The summed E-state index contributed by atoms with van der Waals surface area (Å²) in [6.45, 7) is 34.6. The van der Waals surface area contributed by atoms with Crippen LogP contribution in [0.1, 0.15) is 175 Å². The second kappa shape index (κ2) is 29.4. The Morgan fingerprint density at radius 2 is 1.12 bits per heavy atom. The Hall–Kier alpha value is -2.33. The normalized spacial score (nSPS) is 18.9. The topological polar surface area (TPSA) is 49.7 Å². The molecule has 0 amide bonds. The van der Waals surface area contributed by atoms with Gasteiger partial charge in [0.1, 0.15) is 0 Å². The van der Waals surface area contributed by atoms with E-state index >= 15 is 0 Å². The van der Waals surface area contributed by atoms with E-state index in [0.717, 1.165) is 32.5 Å². The minimum absolute atomic E-state index is 0. The molecule has 0 spiro atoms. The van der Waals surface area contributed by atoms with Gasteiger partial charge in [0.25, 0.3) is 0 Å². The standard InChI is InChI=1S/C26H40N2O.C18H32N2O.C8H9Cl.C4H9.Li/c1-19(2)25(29-26(4,5)6)27-18-28-16-15-22-9-7-8-10-23(22)24(28)17-21-13-11-20(3)12-14-21;1-14(2)17(21-18(3,4)5)19-13-20-11-10-15-8-6-7-9-16(15)12-20;1-7-2-4-8(6-9)5-3-7;1-3-4-2;/h11-14,18-19,24-25H,7-10,15-17H2,1-6H3;13-14,17H,6-12H2,1-5H3;2-5H,6H2,1H3;1,3-4H2,2H3;/q;;;-1;+1/t24-,25+;17-;;;/m01.../s1.